The van der Waals surface area contributed by atoms with Crippen molar-refractivity contribution in [2.24, 2.45) is 5.92 Å². The Morgan fingerprint density at radius 1 is 1.22 bits per heavy atom. The second-order valence-corrected chi connectivity index (χ2v) is 11.4. The van der Waals surface area contributed by atoms with E-state index in [2.05, 4.69) is 30.1 Å². The minimum absolute atomic E-state index is 0.0585. The molecule has 1 N–H and O–H groups in total. The number of halogens is 3. The molecule has 4 aromatic rings. The topological polar surface area (TPSA) is 93.4 Å². The molecule has 1 amide bonds. The summed E-state index contributed by atoms with van der Waals surface area (Å²) in [5, 5.41) is 6.90. The van der Waals surface area contributed by atoms with Crippen LogP contribution in [0.25, 0.3) is 11.1 Å². The van der Waals surface area contributed by atoms with Gasteiger partial charge in [-0.25, -0.2) is 4.98 Å². The highest BCUT2D eigenvalue weighted by Crippen LogP contribution is 2.47. The summed E-state index contributed by atoms with van der Waals surface area (Å²) in [5.41, 5.74) is 7.52. The molecule has 0 spiro atoms. The van der Waals surface area contributed by atoms with Crippen LogP contribution in [0.15, 0.2) is 46.4 Å². The number of amides is 1. The second kappa shape index (κ2) is 10.9. The fourth-order valence-electron chi connectivity index (χ4n) is 5.44. The smallest absolute Gasteiger partial charge is 0.406 e. The van der Waals surface area contributed by atoms with E-state index >= 15 is 0 Å². The third-order valence-corrected chi connectivity index (χ3v) is 8.54. The molecule has 1 saturated carbocycles. The van der Waals surface area contributed by atoms with Gasteiger partial charge in [0.05, 0.1) is 23.0 Å². The molecular formula is C29H28F3N5O3S. The van der Waals surface area contributed by atoms with E-state index in [1.54, 1.807) is 30.4 Å². The number of rotatable bonds is 8. The Bertz CT molecular complexity index is 1580. The number of aromatic nitrogens is 3. The molecule has 1 aliphatic carbocycles. The first-order valence-corrected chi connectivity index (χ1v) is 14.2. The molecule has 0 saturated heterocycles. The van der Waals surface area contributed by atoms with Crippen LogP contribution in [0, 0.1) is 19.8 Å². The molecule has 1 fully saturated rings. The van der Waals surface area contributed by atoms with Gasteiger partial charge in [0.15, 0.2) is 5.82 Å². The number of aryl methyl sites for hydroxylation is 2. The fraction of sp³-hybridized carbons (Fsp3) is 0.379. The zero-order chi connectivity index (χ0) is 28.7. The predicted molar refractivity (Wildman–Crippen MR) is 145 cm³/mol. The summed E-state index contributed by atoms with van der Waals surface area (Å²) in [6, 6.07) is 9.96. The first kappa shape index (κ1) is 27.4. The number of hydrogen-bond donors (Lipinski definition) is 1. The molecule has 41 heavy (non-hydrogen) atoms. The summed E-state index contributed by atoms with van der Waals surface area (Å²) in [4.78, 5) is 25.1. The number of alkyl halides is 3. The number of nitrogens with zero attached hydrogens (tertiary/aromatic N) is 4. The third kappa shape index (κ3) is 6.13. The van der Waals surface area contributed by atoms with E-state index in [0.717, 1.165) is 47.5 Å². The number of fused-ring (bicyclic) bond motifs is 1. The summed E-state index contributed by atoms with van der Waals surface area (Å²) in [6.45, 7) is 6.29. The van der Waals surface area contributed by atoms with Gasteiger partial charge in [0.25, 0.3) is 0 Å². The summed E-state index contributed by atoms with van der Waals surface area (Å²) in [5.74, 6) is 0.465. The van der Waals surface area contributed by atoms with E-state index in [1.165, 1.54) is 17.0 Å². The highest BCUT2D eigenvalue weighted by atomic mass is 32.1. The average Bonchev–Trinajstić information content (AvgIpc) is 3.46. The monoisotopic (exact) mass is 583 g/mol. The molecule has 214 valence electrons. The van der Waals surface area contributed by atoms with Gasteiger partial charge in [0.1, 0.15) is 5.75 Å². The van der Waals surface area contributed by atoms with E-state index in [0.29, 0.717) is 36.8 Å². The first-order chi connectivity index (χ1) is 19.6. The number of thiazole rings is 1. The lowest BCUT2D eigenvalue weighted by atomic mass is 9.87. The number of benzene rings is 2. The molecule has 2 atom stereocenters. The van der Waals surface area contributed by atoms with Crippen molar-refractivity contribution in [3.05, 3.63) is 80.9 Å². The minimum Gasteiger partial charge on any atom is -0.406 e. The Kier molecular flexibility index (Phi) is 7.28. The first-order valence-electron chi connectivity index (χ1n) is 13.3. The summed E-state index contributed by atoms with van der Waals surface area (Å²) in [7, 11) is 0. The third-order valence-electron chi connectivity index (χ3n) is 7.62. The molecule has 0 unspecified atom stereocenters. The molecule has 2 aromatic carbocycles. The van der Waals surface area contributed by atoms with Crippen molar-refractivity contribution in [2.75, 3.05) is 6.54 Å². The lowest BCUT2D eigenvalue weighted by Crippen LogP contribution is -2.32. The maximum atomic E-state index is 13.0. The molecule has 0 bridgehead atoms. The maximum absolute atomic E-state index is 13.0. The van der Waals surface area contributed by atoms with Crippen LogP contribution < -0.4 is 10.1 Å². The molecule has 2 aliphatic rings. The minimum atomic E-state index is -4.77. The van der Waals surface area contributed by atoms with Crippen LogP contribution in [0.4, 0.5) is 13.2 Å². The van der Waals surface area contributed by atoms with E-state index in [9.17, 15) is 18.0 Å². The maximum Gasteiger partial charge on any atom is 0.573 e. The predicted octanol–water partition coefficient (Wildman–Crippen LogP) is 5.69. The molecule has 1 aliphatic heterocycles. The van der Waals surface area contributed by atoms with Crippen LogP contribution >= 0.6 is 11.3 Å². The zero-order valence-corrected chi connectivity index (χ0v) is 23.3. The van der Waals surface area contributed by atoms with E-state index in [4.69, 9.17) is 4.52 Å². The highest BCUT2D eigenvalue weighted by molar-refractivity contribution is 7.09. The number of hydrogen-bond acceptors (Lipinski definition) is 8. The zero-order valence-electron chi connectivity index (χ0n) is 22.5. The molecule has 12 heteroatoms. The van der Waals surface area contributed by atoms with Crippen molar-refractivity contribution in [3.8, 4) is 16.9 Å². The SMILES string of the molecule is Cc1noc([C@H]2C[C@@H]2C(=O)NCc2ccc(-c3cccc(OC(F)(F)F)c3)c3c2CN(Cc2scnc2C)CC3)n1. The molecular weight excluding hydrogens is 555 g/mol. The van der Waals surface area contributed by atoms with Gasteiger partial charge in [-0.1, -0.05) is 29.4 Å². The number of carbonyl (C=O) groups is 1. The van der Waals surface area contributed by atoms with Crippen molar-refractivity contribution in [1.29, 1.82) is 0 Å². The average molecular weight is 584 g/mol. The number of nitrogens with one attached hydrogen (secondary N) is 1. The largest absolute Gasteiger partial charge is 0.573 e. The van der Waals surface area contributed by atoms with E-state index < -0.39 is 6.36 Å². The summed E-state index contributed by atoms with van der Waals surface area (Å²) in [6.07, 6.45) is -3.38. The lowest BCUT2D eigenvalue weighted by Gasteiger charge is -2.32. The standard InChI is InChI=1S/C29H28F3N5O3S/c1-16-26(41-15-34-16)14-37-9-8-22-21(18-4-3-5-20(10-18)39-29(30,31)32)7-6-19(25(22)13-37)12-33-27(38)23-11-24(23)28-35-17(2)36-40-28/h3-7,10,15,23-24H,8-9,11-14H2,1-2H3,(H,33,38)/t23-,24-/m0/s1. The fourth-order valence-corrected chi connectivity index (χ4v) is 6.26. The quantitative estimate of drug-likeness (QED) is 0.285. The van der Waals surface area contributed by atoms with Crippen LogP contribution in [-0.2, 0) is 30.8 Å². The van der Waals surface area contributed by atoms with Gasteiger partial charge in [-0.15, -0.1) is 24.5 Å². The van der Waals surface area contributed by atoms with Gasteiger partial charge in [0.2, 0.25) is 11.8 Å². The Morgan fingerprint density at radius 3 is 2.80 bits per heavy atom. The Hall–Kier alpha value is -3.77. The molecule has 0 radical (unpaired) electrons. The van der Waals surface area contributed by atoms with Crippen LogP contribution in [0.5, 0.6) is 5.75 Å². The van der Waals surface area contributed by atoms with Crippen molar-refractivity contribution < 1.29 is 27.2 Å². The summed E-state index contributed by atoms with van der Waals surface area (Å²) >= 11 is 1.63. The Labute approximate surface area is 238 Å². The van der Waals surface area contributed by atoms with Gasteiger partial charge >= 0.3 is 6.36 Å². The van der Waals surface area contributed by atoms with Gasteiger partial charge in [-0.3, -0.25) is 9.69 Å². The van der Waals surface area contributed by atoms with Crippen molar-refractivity contribution in [3.63, 3.8) is 0 Å². The Morgan fingerprint density at radius 2 is 2.07 bits per heavy atom. The normalized spacial score (nSPS) is 18.7. The number of carbonyl (C=O) groups excluding carboxylic acids is 1. The molecule has 2 aromatic heterocycles. The van der Waals surface area contributed by atoms with Gasteiger partial charge in [0, 0.05) is 31.1 Å². The second-order valence-electron chi connectivity index (χ2n) is 10.5. The number of ether oxygens (including phenoxy) is 1. The van der Waals surface area contributed by atoms with Crippen LogP contribution in [0.2, 0.25) is 0 Å². The molecule has 3 heterocycles. The molecule has 6 rings (SSSR count). The summed E-state index contributed by atoms with van der Waals surface area (Å²) < 4.78 is 48.1. The highest BCUT2D eigenvalue weighted by Gasteiger charge is 2.47. The van der Waals surface area contributed by atoms with E-state index in [1.807, 2.05) is 24.6 Å². The lowest BCUT2D eigenvalue weighted by molar-refractivity contribution is -0.274. The van der Waals surface area contributed by atoms with Crippen molar-refractivity contribution in [2.45, 2.75) is 58.6 Å². The Balaban J connectivity index is 1.25. The van der Waals surface area contributed by atoms with Crippen molar-refractivity contribution >= 4 is 17.2 Å². The molecule has 8 nitrogen and oxygen atoms in total. The van der Waals surface area contributed by atoms with Crippen LogP contribution in [0.1, 0.15) is 51.3 Å². The van der Waals surface area contributed by atoms with E-state index in [-0.39, 0.29) is 23.5 Å². The van der Waals surface area contributed by atoms with Gasteiger partial charge in [-0.2, -0.15) is 4.98 Å². The van der Waals surface area contributed by atoms with Crippen LogP contribution in [-0.4, -0.2) is 38.8 Å². The van der Waals surface area contributed by atoms with Gasteiger partial charge < -0.3 is 14.6 Å². The van der Waals surface area contributed by atoms with Crippen molar-refractivity contribution in [1.82, 2.24) is 25.3 Å². The van der Waals surface area contributed by atoms with Gasteiger partial charge in [-0.05, 0) is 66.6 Å². The van der Waals surface area contributed by atoms with Crippen LogP contribution in [0.3, 0.4) is 0 Å².